The maximum Gasteiger partial charge on any atom is 0.239 e. The van der Waals surface area contributed by atoms with E-state index < -0.39 is 0 Å². The lowest BCUT2D eigenvalue weighted by Crippen LogP contribution is -2.08. The van der Waals surface area contributed by atoms with E-state index in [0.29, 0.717) is 24.7 Å². The fraction of sp³-hybridized carbons (Fsp3) is 0.385. The van der Waals surface area contributed by atoms with Gasteiger partial charge in [0.25, 0.3) is 0 Å². The highest BCUT2D eigenvalue weighted by molar-refractivity contribution is 5.53. The zero-order valence-electron chi connectivity index (χ0n) is 11.3. The van der Waals surface area contributed by atoms with Crippen molar-refractivity contribution in [1.82, 2.24) is 14.8 Å². The van der Waals surface area contributed by atoms with Gasteiger partial charge in [0, 0.05) is 13.2 Å². The Morgan fingerprint density at radius 3 is 2.89 bits per heavy atom. The second-order valence-electron chi connectivity index (χ2n) is 4.24. The molecule has 3 N–H and O–H groups in total. The molecule has 0 saturated carbocycles. The summed E-state index contributed by atoms with van der Waals surface area (Å²) in [7, 11) is 1.91. The smallest absolute Gasteiger partial charge is 0.239 e. The molecule has 6 nitrogen and oxygen atoms in total. The Labute approximate surface area is 112 Å². The molecular formula is C13H19N5O. The van der Waals surface area contributed by atoms with Crippen LogP contribution >= 0.6 is 0 Å². The Kier molecular flexibility index (Phi) is 4.22. The van der Waals surface area contributed by atoms with Gasteiger partial charge in [0.05, 0.1) is 24.5 Å². The average molecular weight is 261 g/mol. The Bertz CT molecular complexity index is 538. The third-order valence-corrected chi connectivity index (χ3v) is 2.71. The minimum absolute atomic E-state index is 0.483. The molecule has 0 aromatic carbocycles. The van der Waals surface area contributed by atoms with E-state index in [2.05, 4.69) is 15.4 Å². The summed E-state index contributed by atoms with van der Waals surface area (Å²) in [5.74, 6) is 1.22. The highest BCUT2D eigenvalue weighted by atomic mass is 16.5. The fourth-order valence-corrected chi connectivity index (χ4v) is 1.62. The zero-order valence-corrected chi connectivity index (χ0v) is 11.3. The van der Waals surface area contributed by atoms with Crippen molar-refractivity contribution in [3.63, 3.8) is 0 Å². The van der Waals surface area contributed by atoms with Gasteiger partial charge < -0.3 is 15.8 Å². The van der Waals surface area contributed by atoms with Crippen LogP contribution in [0.2, 0.25) is 0 Å². The second-order valence-corrected chi connectivity index (χ2v) is 4.24. The molecule has 0 amide bonds. The Hall–Kier alpha value is -2.24. The number of pyridine rings is 1. The number of ether oxygens (including phenoxy) is 1. The minimum atomic E-state index is 0.483. The molecule has 2 aromatic heterocycles. The van der Waals surface area contributed by atoms with Crippen molar-refractivity contribution < 1.29 is 4.74 Å². The molecule has 6 heteroatoms. The number of nitrogens with two attached hydrogens (primary N) is 1. The van der Waals surface area contributed by atoms with Crippen molar-refractivity contribution >= 4 is 11.5 Å². The quantitative estimate of drug-likeness (QED) is 0.829. The molecule has 0 aliphatic heterocycles. The van der Waals surface area contributed by atoms with Gasteiger partial charge in [-0.1, -0.05) is 6.92 Å². The first kappa shape index (κ1) is 13.2. The highest BCUT2D eigenvalue weighted by Gasteiger charge is 2.05. The molecule has 0 bridgehead atoms. The molecule has 0 spiro atoms. The van der Waals surface area contributed by atoms with Gasteiger partial charge in [-0.3, -0.25) is 4.68 Å². The second kappa shape index (κ2) is 6.08. The molecule has 102 valence electrons. The van der Waals surface area contributed by atoms with Crippen LogP contribution in [-0.2, 0) is 13.6 Å². The lowest BCUT2D eigenvalue weighted by Gasteiger charge is -2.10. The van der Waals surface area contributed by atoms with E-state index in [1.165, 1.54) is 0 Å². The topological polar surface area (TPSA) is 78.0 Å². The van der Waals surface area contributed by atoms with Crippen molar-refractivity contribution in [2.24, 2.45) is 7.05 Å². The summed E-state index contributed by atoms with van der Waals surface area (Å²) in [6, 6.07) is 5.59. The predicted octanol–water partition coefficient (Wildman–Crippen LogP) is 1.80. The van der Waals surface area contributed by atoms with Crippen molar-refractivity contribution in [3.05, 3.63) is 30.1 Å². The number of hydrogen-bond acceptors (Lipinski definition) is 5. The molecule has 0 aliphatic rings. The number of aryl methyl sites for hydroxylation is 1. The Morgan fingerprint density at radius 1 is 1.37 bits per heavy atom. The first-order valence-electron chi connectivity index (χ1n) is 6.30. The monoisotopic (exact) mass is 261 g/mol. The average Bonchev–Trinajstić information content (AvgIpc) is 2.82. The van der Waals surface area contributed by atoms with Gasteiger partial charge >= 0.3 is 0 Å². The molecular weight excluding hydrogens is 242 g/mol. The number of anilines is 2. The van der Waals surface area contributed by atoms with E-state index in [4.69, 9.17) is 10.5 Å². The third kappa shape index (κ3) is 3.37. The first-order chi connectivity index (χ1) is 9.20. The van der Waals surface area contributed by atoms with E-state index in [9.17, 15) is 0 Å². The SMILES string of the molecule is CCCOc1nc(NCc2ccnn2C)ccc1N. The number of aromatic nitrogens is 3. The number of nitrogens with zero attached hydrogens (tertiary/aromatic N) is 3. The van der Waals surface area contributed by atoms with Crippen LogP contribution in [-0.4, -0.2) is 21.4 Å². The number of hydrogen-bond donors (Lipinski definition) is 2. The van der Waals surface area contributed by atoms with E-state index in [-0.39, 0.29) is 0 Å². The lowest BCUT2D eigenvalue weighted by molar-refractivity contribution is 0.307. The van der Waals surface area contributed by atoms with Gasteiger partial charge in [0.15, 0.2) is 0 Å². The van der Waals surface area contributed by atoms with E-state index in [1.807, 2.05) is 30.8 Å². The van der Waals surface area contributed by atoms with Gasteiger partial charge in [-0.15, -0.1) is 0 Å². The molecule has 0 saturated heterocycles. The van der Waals surface area contributed by atoms with Crippen LogP contribution in [0, 0.1) is 0 Å². The molecule has 0 atom stereocenters. The number of rotatable bonds is 6. The fourth-order valence-electron chi connectivity index (χ4n) is 1.62. The highest BCUT2D eigenvalue weighted by Crippen LogP contribution is 2.21. The lowest BCUT2D eigenvalue weighted by atomic mass is 10.3. The molecule has 0 radical (unpaired) electrons. The largest absolute Gasteiger partial charge is 0.476 e. The molecule has 0 unspecified atom stereocenters. The van der Waals surface area contributed by atoms with Crippen molar-refractivity contribution in [2.45, 2.75) is 19.9 Å². The van der Waals surface area contributed by atoms with Crippen molar-refractivity contribution in [2.75, 3.05) is 17.7 Å². The van der Waals surface area contributed by atoms with E-state index >= 15 is 0 Å². The number of nitrogen functional groups attached to an aromatic ring is 1. The van der Waals surface area contributed by atoms with E-state index in [0.717, 1.165) is 17.9 Å². The van der Waals surface area contributed by atoms with Crippen LogP contribution in [0.4, 0.5) is 11.5 Å². The van der Waals surface area contributed by atoms with Crippen LogP contribution in [0.3, 0.4) is 0 Å². The van der Waals surface area contributed by atoms with E-state index in [1.54, 1.807) is 12.3 Å². The summed E-state index contributed by atoms with van der Waals surface area (Å²) in [4.78, 5) is 4.35. The maximum atomic E-state index is 5.82. The molecule has 0 aliphatic carbocycles. The predicted molar refractivity (Wildman–Crippen MR) is 75.0 cm³/mol. The summed E-state index contributed by atoms with van der Waals surface area (Å²) in [6.45, 7) is 3.31. The van der Waals surface area contributed by atoms with Crippen LogP contribution in [0.1, 0.15) is 19.0 Å². The van der Waals surface area contributed by atoms with Gasteiger partial charge in [-0.2, -0.15) is 10.1 Å². The summed E-state index contributed by atoms with van der Waals surface area (Å²) >= 11 is 0. The molecule has 2 rings (SSSR count). The standard InChI is InChI=1S/C13H19N5O/c1-3-8-19-13-11(14)4-5-12(17-13)15-9-10-6-7-16-18(10)2/h4-7H,3,8-9,14H2,1-2H3,(H,15,17). The maximum absolute atomic E-state index is 5.82. The van der Waals surface area contributed by atoms with Crippen LogP contribution in [0.15, 0.2) is 24.4 Å². The van der Waals surface area contributed by atoms with Gasteiger partial charge in [-0.05, 0) is 24.6 Å². The molecule has 2 heterocycles. The summed E-state index contributed by atoms with van der Waals surface area (Å²) in [5.41, 5.74) is 7.45. The summed E-state index contributed by atoms with van der Waals surface area (Å²) in [5, 5.41) is 7.34. The van der Waals surface area contributed by atoms with Gasteiger partial charge in [0.2, 0.25) is 5.88 Å². The van der Waals surface area contributed by atoms with Crippen molar-refractivity contribution in [3.8, 4) is 5.88 Å². The summed E-state index contributed by atoms with van der Waals surface area (Å²) in [6.07, 6.45) is 2.69. The third-order valence-electron chi connectivity index (χ3n) is 2.71. The minimum Gasteiger partial charge on any atom is -0.476 e. The van der Waals surface area contributed by atoms with Crippen molar-refractivity contribution in [1.29, 1.82) is 0 Å². The Morgan fingerprint density at radius 2 is 2.21 bits per heavy atom. The number of nitrogens with one attached hydrogen (secondary N) is 1. The molecule has 0 fully saturated rings. The first-order valence-corrected chi connectivity index (χ1v) is 6.30. The van der Waals surface area contributed by atoms with Crippen LogP contribution < -0.4 is 15.8 Å². The van der Waals surface area contributed by atoms with Crippen LogP contribution in [0.5, 0.6) is 5.88 Å². The molecule has 2 aromatic rings. The normalized spacial score (nSPS) is 10.4. The Balaban J connectivity index is 2.02. The van der Waals surface area contributed by atoms with Gasteiger partial charge in [-0.25, -0.2) is 0 Å². The zero-order chi connectivity index (χ0) is 13.7. The molecule has 19 heavy (non-hydrogen) atoms. The summed E-state index contributed by atoms with van der Waals surface area (Å²) < 4.78 is 7.31. The van der Waals surface area contributed by atoms with Gasteiger partial charge in [0.1, 0.15) is 5.82 Å². The van der Waals surface area contributed by atoms with Crippen LogP contribution in [0.25, 0.3) is 0 Å².